The fraction of sp³-hybridized carbons (Fsp3) is 0.381. The number of nitrogens with one attached hydrogen (secondary N) is 2. The predicted molar refractivity (Wildman–Crippen MR) is 113 cm³/mol. The average Bonchev–Trinajstić information content (AvgIpc) is 2.68. The molecule has 7 nitrogen and oxygen atoms in total. The summed E-state index contributed by atoms with van der Waals surface area (Å²) in [5.74, 6) is 0.454. The lowest BCUT2D eigenvalue weighted by Crippen LogP contribution is -2.43. The molecule has 0 spiro atoms. The molecule has 3 rings (SSSR count). The summed E-state index contributed by atoms with van der Waals surface area (Å²) in [6.45, 7) is 4.97. The minimum atomic E-state index is -0.258. The van der Waals surface area contributed by atoms with E-state index >= 15 is 0 Å². The molecule has 0 atom stereocenters. The number of carbonyl (C=O) groups is 2. The van der Waals surface area contributed by atoms with E-state index in [1.54, 1.807) is 41.3 Å². The molecule has 1 fully saturated rings. The first-order valence-corrected chi connectivity index (χ1v) is 10.0. The highest BCUT2D eigenvalue weighted by Crippen LogP contribution is 2.18. The number of amides is 2. The SMILES string of the molecule is CC(C)OC(=O)N1CCC(Nc2ccc(C(=O)Nc3cccc(Cl)c3)cn2)CC1. The first-order valence-electron chi connectivity index (χ1n) is 9.66. The van der Waals surface area contributed by atoms with Gasteiger partial charge in [0.25, 0.3) is 5.91 Å². The Bertz CT molecular complexity index is 849. The summed E-state index contributed by atoms with van der Waals surface area (Å²) < 4.78 is 5.24. The van der Waals surface area contributed by atoms with Crippen LogP contribution in [0.15, 0.2) is 42.6 Å². The van der Waals surface area contributed by atoms with Gasteiger partial charge < -0.3 is 20.3 Å². The van der Waals surface area contributed by atoms with E-state index in [1.165, 1.54) is 6.20 Å². The third kappa shape index (κ3) is 6.09. The molecule has 1 aromatic heterocycles. The van der Waals surface area contributed by atoms with Crippen LogP contribution in [0.2, 0.25) is 5.02 Å². The molecule has 1 aliphatic heterocycles. The maximum atomic E-state index is 12.3. The van der Waals surface area contributed by atoms with Crippen LogP contribution in [-0.2, 0) is 4.74 Å². The lowest BCUT2D eigenvalue weighted by Gasteiger charge is -2.32. The maximum Gasteiger partial charge on any atom is 0.410 e. The third-order valence-corrected chi connectivity index (χ3v) is 4.78. The van der Waals surface area contributed by atoms with E-state index in [4.69, 9.17) is 16.3 Å². The van der Waals surface area contributed by atoms with Crippen molar-refractivity contribution in [3.05, 3.63) is 53.2 Å². The lowest BCUT2D eigenvalue weighted by molar-refractivity contribution is 0.0701. The third-order valence-electron chi connectivity index (χ3n) is 4.55. The number of aromatic nitrogens is 1. The zero-order chi connectivity index (χ0) is 20.8. The number of nitrogens with zero attached hydrogens (tertiary/aromatic N) is 2. The fourth-order valence-electron chi connectivity index (χ4n) is 3.07. The van der Waals surface area contributed by atoms with Crippen LogP contribution in [0.4, 0.5) is 16.3 Å². The van der Waals surface area contributed by atoms with Crippen LogP contribution in [0.5, 0.6) is 0 Å². The summed E-state index contributed by atoms with van der Waals surface area (Å²) in [7, 11) is 0. The number of likely N-dealkylation sites (tertiary alicyclic amines) is 1. The molecule has 1 aliphatic rings. The number of rotatable bonds is 5. The molecule has 2 heterocycles. The van der Waals surface area contributed by atoms with Crippen LogP contribution >= 0.6 is 11.6 Å². The van der Waals surface area contributed by atoms with Crippen molar-refractivity contribution in [1.29, 1.82) is 0 Å². The molecule has 0 radical (unpaired) electrons. The molecule has 154 valence electrons. The molecule has 0 bridgehead atoms. The molecule has 0 unspecified atom stereocenters. The van der Waals surface area contributed by atoms with Gasteiger partial charge >= 0.3 is 6.09 Å². The molecular formula is C21H25ClN4O3. The number of ether oxygens (including phenoxy) is 1. The van der Waals surface area contributed by atoms with Gasteiger partial charge in [-0.25, -0.2) is 9.78 Å². The quantitative estimate of drug-likeness (QED) is 0.754. The second-order valence-corrected chi connectivity index (χ2v) is 7.67. The Morgan fingerprint density at radius 3 is 2.59 bits per heavy atom. The zero-order valence-corrected chi connectivity index (χ0v) is 17.3. The topological polar surface area (TPSA) is 83.6 Å². The van der Waals surface area contributed by atoms with Crippen molar-refractivity contribution in [2.24, 2.45) is 0 Å². The first-order chi connectivity index (χ1) is 13.9. The summed E-state index contributed by atoms with van der Waals surface area (Å²) in [4.78, 5) is 30.4. The van der Waals surface area contributed by atoms with Crippen molar-refractivity contribution in [1.82, 2.24) is 9.88 Å². The largest absolute Gasteiger partial charge is 0.447 e. The number of hydrogen-bond acceptors (Lipinski definition) is 5. The summed E-state index contributed by atoms with van der Waals surface area (Å²) in [6, 6.07) is 10.7. The van der Waals surface area contributed by atoms with Gasteiger partial charge in [0.1, 0.15) is 5.82 Å². The molecular weight excluding hydrogens is 392 g/mol. The molecule has 1 aromatic carbocycles. The standard InChI is InChI=1S/C21H25ClN4O3/c1-14(2)29-21(28)26-10-8-17(9-11-26)24-19-7-6-15(13-23-19)20(27)25-18-5-3-4-16(22)12-18/h3-7,12-14,17H,8-11H2,1-2H3,(H,23,24)(H,25,27). The van der Waals surface area contributed by atoms with Crippen molar-refractivity contribution in [2.75, 3.05) is 23.7 Å². The van der Waals surface area contributed by atoms with Crippen molar-refractivity contribution in [3.8, 4) is 0 Å². The Balaban J connectivity index is 1.49. The van der Waals surface area contributed by atoms with E-state index in [0.717, 1.165) is 12.8 Å². The highest BCUT2D eigenvalue weighted by molar-refractivity contribution is 6.30. The Morgan fingerprint density at radius 2 is 1.97 bits per heavy atom. The van der Waals surface area contributed by atoms with Gasteiger partial charge in [-0.2, -0.15) is 0 Å². The van der Waals surface area contributed by atoms with Crippen molar-refractivity contribution in [3.63, 3.8) is 0 Å². The fourth-order valence-corrected chi connectivity index (χ4v) is 3.27. The molecule has 29 heavy (non-hydrogen) atoms. The van der Waals surface area contributed by atoms with E-state index in [2.05, 4.69) is 15.6 Å². The van der Waals surface area contributed by atoms with Crippen LogP contribution in [0.3, 0.4) is 0 Å². The molecule has 2 amide bonds. The number of hydrogen-bond donors (Lipinski definition) is 2. The molecule has 1 saturated heterocycles. The zero-order valence-electron chi connectivity index (χ0n) is 16.5. The average molecular weight is 417 g/mol. The van der Waals surface area contributed by atoms with E-state index in [0.29, 0.717) is 35.2 Å². The summed E-state index contributed by atoms with van der Waals surface area (Å²) in [5, 5.41) is 6.72. The second-order valence-electron chi connectivity index (χ2n) is 7.23. The van der Waals surface area contributed by atoms with Gasteiger partial charge in [0.15, 0.2) is 0 Å². The van der Waals surface area contributed by atoms with E-state index < -0.39 is 0 Å². The number of benzene rings is 1. The summed E-state index contributed by atoms with van der Waals surface area (Å²) >= 11 is 5.94. The number of pyridine rings is 1. The maximum absolute atomic E-state index is 12.3. The van der Waals surface area contributed by atoms with Gasteiger partial charge in [-0.15, -0.1) is 0 Å². The Labute approximate surface area is 175 Å². The summed E-state index contributed by atoms with van der Waals surface area (Å²) in [5.41, 5.74) is 1.09. The Hall–Kier alpha value is -2.80. The van der Waals surface area contributed by atoms with Gasteiger partial charge in [0.2, 0.25) is 0 Å². The highest BCUT2D eigenvalue weighted by Gasteiger charge is 2.24. The Kier molecular flexibility index (Phi) is 6.93. The number of piperidine rings is 1. The normalized spacial score (nSPS) is 14.6. The minimum absolute atomic E-state index is 0.114. The van der Waals surface area contributed by atoms with Crippen LogP contribution in [0.1, 0.15) is 37.0 Å². The highest BCUT2D eigenvalue weighted by atomic mass is 35.5. The number of carbonyl (C=O) groups excluding carboxylic acids is 2. The van der Waals surface area contributed by atoms with Crippen molar-refractivity contribution < 1.29 is 14.3 Å². The first kappa shape index (κ1) is 20.9. The van der Waals surface area contributed by atoms with Crippen LogP contribution in [0, 0.1) is 0 Å². The van der Waals surface area contributed by atoms with Crippen molar-refractivity contribution >= 4 is 35.1 Å². The molecule has 2 aromatic rings. The Morgan fingerprint density at radius 1 is 1.21 bits per heavy atom. The van der Waals surface area contributed by atoms with Gasteiger partial charge in [-0.1, -0.05) is 17.7 Å². The summed E-state index contributed by atoms with van der Waals surface area (Å²) in [6.07, 6.45) is 2.79. The van der Waals surface area contributed by atoms with Crippen LogP contribution in [-0.4, -0.2) is 47.1 Å². The van der Waals surface area contributed by atoms with Gasteiger partial charge in [-0.05, 0) is 57.0 Å². The molecule has 2 N–H and O–H groups in total. The smallest absolute Gasteiger partial charge is 0.410 e. The van der Waals surface area contributed by atoms with Crippen molar-refractivity contribution in [2.45, 2.75) is 38.8 Å². The second kappa shape index (κ2) is 9.60. The number of halogens is 1. The van der Waals surface area contributed by atoms with Gasteiger partial charge in [-0.3, -0.25) is 4.79 Å². The van der Waals surface area contributed by atoms with Gasteiger partial charge in [0, 0.05) is 36.0 Å². The minimum Gasteiger partial charge on any atom is -0.447 e. The predicted octanol–water partition coefficient (Wildman–Crippen LogP) is 4.41. The van der Waals surface area contributed by atoms with E-state index in [-0.39, 0.29) is 24.1 Å². The van der Waals surface area contributed by atoms with Crippen LogP contribution in [0.25, 0.3) is 0 Å². The monoisotopic (exact) mass is 416 g/mol. The molecule has 0 aliphatic carbocycles. The van der Waals surface area contributed by atoms with E-state index in [9.17, 15) is 9.59 Å². The van der Waals surface area contributed by atoms with E-state index in [1.807, 2.05) is 13.8 Å². The van der Waals surface area contributed by atoms with Gasteiger partial charge in [0.05, 0.1) is 11.7 Å². The lowest BCUT2D eigenvalue weighted by atomic mass is 10.1. The molecule has 0 saturated carbocycles. The molecule has 8 heteroatoms. The number of anilines is 2. The van der Waals surface area contributed by atoms with Crippen LogP contribution < -0.4 is 10.6 Å².